The van der Waals surface area contributed by atoms with Gasteiger partial charge in [0.1, 0.15) is 5.82 Å². The van der Waals surface area contributed by atoms with Crippen molar-refractivity contribution >= 4 is 5.91 Å². The second-order valence-corrected chi connectivity index (χ2v) is 8.61. The SMILES string of the molecule is O=C(NCC1CCN(C2CC2)CC1)[C@H]1CCc2nnc(-c3ccccc3)n2C1. The van der Waals surface area contributed by atoms with Crippen LogP contribution in [0.4, 0.5) is 0 Å². The number of aromatic nitrogens is 3. The molecule has 0 bridgehead atoms. The van der Waals surface area contributed by atoms with Crippen molar-refractivity contribution in [2.75, 3.05) is 19.6 Å². The van der Waals surface area contributed by atoms with Gasteiger partial charge in [-0.2, -0.15) is 0 Å². The van der Waals surface area contributed by atoms with E-state index in [0.717, 1.165) is 42.6 Å². The zero-order valence-electron chi connectivity index (χ0n) is 16.4. The van der Waals surface area contributed by atoms with Gasteiger partial charge in [0.15, 0.2) is 5.82 Å². The zero-order chi connectivity index (χ0) is 18.9. The predicted octanol–water partition coefficient (Wildman–Crippen LogP) is 2.50. The van der Waals surface area contributed by atoms with Gasteiger partial charge in [0.25, 0.3) is 0 Å². The molecule has 1 amide bonds. The Bertz CT molecular complexity index is 821. The summed E-state index contributed by atoms with van der Waals surface area (Å²) in [6.45, 7) is 3.92. The second kappa shape index (κ2) is 7.66. The smallest absolute Gasteiger partial charge is 0.224 e. The number of benzene rings is 1. The molecule has 0 spiro atoms. The van der Waals surface area contributed by atoms with Crippen molar-refractivity contribution in [1.29, 1.82) is 0 Å². The van der Waals surface area contributed by atoms with Crippen molar-refractivity contribution in [3.05, 3.63) is 36.2 Å². The Morgan fingerprint density at radius 1 is 1.04 bits per heavy atom. The molecule has 28 heavy (non-hydrogen) atoms. The maximum Gasteiger partial charge on any atom is 0.224 e. The highest BCUT2D eigenvalue weighted by Crippen LogP contribution is 2.31. The number of carbonyl (C=O) groups excluding carboxylic acids is 1. The monoisotopic (exact) mass is 379 g/mol. The summed E-state index contributed by atoms with van der Waals surface area (Å²) in [4.78, 5) is 15.5. The first kappa shape index (κ1) is 17.9. The Morgan fingerprint density at radius 3 is 2.57 bits per heavy atom. The first-order valence-electron chi connectivity index (χ1n) is 10.8. The molecule has 3 aliphatic rings. The Labute approximate surface area is 166 Å². The number of hydrogen-bond acceptors (Lipinski definition) is 4. The van der Waals surface area contributed by atoms with Crippen LogP contribution in [0.25, 0.3) is 11.4 Å². The van der Waals surface area contributed by atoms with Gasteiger partial charge in [-0.1, -0.05) is 30.3 Å². The van der Waals surface area contributed by atoms with E-state index in [1.54, 1.807) is 0 Å². The summed E-state index contributed by atoms with van der Waals surface area (Å²) in [6.07, 6.45) is 6.89. The van der Waals surface area contributed by atoms with Crippen molar-refractivity contribution < 1.29 is 4.79 Å². The van der Waals surface area contributed by atoms with Crippen molar-refractivity contribution in [3.8, 4) is 11.4 Å². The fourth-order valence-electron chi connectivity index (χ4n) is 4.69. The summed E-state index contributed by atoms with van der Waals surface area (Å²) >= 11 is 0. The Hall–Kier alpha value is -2.21. The van der Waals surface area contributed by atoms with Crippen LogP contribution in [0.15, 0.2) is 30.3 Å². The maximum atomic E-state index is 12.8. The average Bonchev–Trinajstić information content (AvgIpc) is 3.52. The van der Waals surface area contributed by atoms with E-state index < -0.39 is 0 Å². The molecule has 5 rings (SSSR count). The van der Waals surface area contributed by atoms with Gasteiger partial charge in [-0.25, -0.2) is 0 Å². The van der Waals surface area contributed by atoms with Crippen molar-refractivity contribution in [2.45, 2.75) is 51.1 Å². The highest BCUT2D eigenvalue weighted by Gasteiger charge is 2.32. The number of hydrogen-bond donors (Lipinski definition) is 1. The number of piperidine rings is 1. The van der Waals surface area contributed by atoms with Gasteiger partial charge >= 0.3 is 0 Å². The number of nitrogens with zero attached hydrogens (tertiary/aromatic N) is 4. The molecule has 2 fully saturated rings. The molecule has 3 heterocycles. The number of nitrogens with one attached hydrogen (secondary N) is 1. The Balaban J connectivity index is 1.17. The molecule has 1 saturated carbocycles. The van der Waals surface area contributed by atoms with E-state index in [-0.39, 0.29) is 11.8 Å². The molecule has 1 N–H and O–H groups in total. The van der Waals surface area contributed by atoms with E-state index in [1.807, 2.05) is 18.2 Å². The van der Waals surface area contributed by atoms with Crippen LogP contribution in [0.2, 0.25) is 0 Å². The molecular weight excluding hydrogens is 350 g/mol. The summed E-state index contributed by atoms with van der Waals surface area (Å²) in [6, 6.07) is 11.0. The van der Waals surface area contributed by atoms with Crippen LogP contribution in [-0.2, 0) is 17.8 Å². The van der Waals surface area contributed by atoms with Crippen LogP contribution >= 0.6 is 0 Å². The van der Waals surface area contributed by atoms with Gasteiger partial charge in [0.2, 0.25) is 5.91 Å². The number of rotatable bonds is 5. The maximum absolute atomic E-state index is 12.8. The van der Waals surface area contributed by atoms with E-state index in [0.29, 0.717) is 12.5 Å². The normalized spacial score (nSPS) is 23.4. The van der Waals surface area contributed by atoms with Crippen LogP contribution in [0, 0.1) is 11.8 Å². The minimum absolute atomic E-state index is 0.0116. The molecule has 1 atom stereocenters. The molecule has 2 aromatic rings. The molecule has 6 nitrogen and oxygen atoms in total. The lowest BCUT2D eigenvalue weighted by atomic mass is 9.95. The van der Waals surface area contributed by atoms with Crippen LogP contribution in [0.3, 0.4) is 0 Å². The fourth-order valence-corrected chi connectivity index (χ4v) is 4.69. The van der Waals surface area contributed by atoms with E-state index >= 15 is 0 Å². The van der Waals surface area contributed by atoms with Crippen molar-refractivity contribution in [1.82, 2.24) is 25.0 Å². The zero-order valence-corrected chi connectivity index (χ0v) is 16.4. The third kappa shape index (κ3) is 3.70. The average molecular weight is 380 g/mol. The standard InChI is InChI=1S/C22H29N5O/c28-22(23-14-16-10-12-26(13-11-16)19-7-8-19)18-6-9-20-24-25-21(27(20)15-18)17-4-2-1-3-5-17/h1-5,16,18-19H,6-15H2,(H,23,28)/t18-/m0/s1. The second-order valence-electron chi connectivity index (χ2n) is 8.61. The molecule has 6 heteroatoms. The minimum atomic E-state index is 0.0116. The van der Waals surface area contributed by atoms with Gasteiger partial charge in [-0.3, -0.25) is 4.79 Å². The van der Waals surface area contributed by atoms with Gasteiger partial charge in [0.05, 0.1) is 5.92 Å². The molecule has 1 aromatic heterocycles. The van der Waals surface area contributed by atoms with Gasteiger partial charge in [0, 0.05) is 31.1 Å². The number of fused-ring (bicyclic) bond motifs is 1. The molecule has 148 valence electrons. The number of likely N-dealkylation sites (tertiary alicyclic amines) is 1. The lowest BCUT2D eigenvalue weighted by Gasteiger charge is -2.32. The molecule has 1 saturated heterocycles. The van der Waals surface area contributed by atoms with E-state index in [2.05, 4.69) is 37.1 Å². The predicted molar refractivity (Wildman–Crippen MR) is 108 cm³/mol. The lowest BCUT2D eigenvalue weighted by molar-refractivity contribution is -0.126. The summed E-state index contributed by atoms with van der Waals surface area (Å²) < 4.78 is 2.14. The topological polar surface area (TPSA) is 63.1 Å². The van der Waals surface area contributed by atoms with E-state index in [4.69, 9.17) is 0 Å². The van der Waals surface area contributed by atoms with Crippen LogP contribution in [0.1, 0.15) is 37.9 Å². The van der Waals surface area contributed by atoms with Crippen LogP contribution in [0.5, 0.6) is 0 Å². The summed E-state index contributed by atoms with van der Waals surface area (Å²) in [7, 11) is 0. The molecule has 2 aliphatic heterocycles. The highest BCUT2D eigenvalue weighted by molar-refractivity contribution is 5.78. The number of amides is 1. The highest BCUT2D eigenvalue weighted by atomic mass is 16.1. The molecule has 1 aliphatic carbocycles. The fraction of sp³-hybridized carbons (Fsp3) is 0.591. The summed E-state index contributed by atoms with van der Waals surface area (Å²) in [5, 5.41) is 12.0. The Morgan fingerprint density at radius 2 is 1.82 bits per heavy atom. The molecule has 0 radical (unpaired) electrons. The molecular formula is C22H29N5O. The third-order valence-corrected chi connectivity index (χ3v) is 6.63. The van der Waals surface area contributed by atoms with Gasteiger partial charge < -0.3 is 14.8 Å². The summed E-state index contributed by atoms with van der Waals surface area (Å²) in [5.74, 6) is 2.71. The molecule has 1 aromatic carbocycles. The van der Waals surface area contributed by atoms with Gasteiger partial charge in [-0.15, -0.1) is 10.2 Å². The van der Waals surface area contributed by atoms with Crippen LogP contribution < -0.4 is 5.32 Å². The summed E-state index contributed by atoms with van der Waals surface area (Å²) in [5.41, 5.74) is 1.06. The largest absolute Gasteiger partial charge is 0.356 e. The first-order chi connectivity index (χ1) is 13.8. The lowest BCUT2D eigenvalue weighted by Crippen LogP contribution is -2.42. The number of carbonyl (C=O) groups is 1. The first-order valence-corrected chi connectivity index (χ1v) is 10.8. The number of aryl methyl sites for hydroxylation is 1. The van der Waals surface area contributed by atoms with Crippen LogP contribution in [-0.4, -0.2) is 51.2 Å². The van der Waals surface area contributed by atoms with E-state index in [9.17, 15) is 4.79 Å². The van der Waals surface area contributed by atoms with Crippen molar-refractivity contribution in [2.24, 2.45) is 11.8 Å². The van der Waals surface area contributed by atoms with Gasteiger partial charge in [-0.05, 0) is 51.1 Å². The van der Waals surface area contributed by atoms with Crippen molar-refractivity contribution in [3.63, 3.8) is 0 Å². The minimum Gasteiger partial charge on any atom is -0.356 e. The molecule has 0 unspecified atom stereocenters. The Kier molecular flexibility index (Phi) is 4.89. The quantitative estimate of drug-likeness (QED) is 0.867. The van der Waals surface area contributed by atoms with E-state index in [1.165, 1.54) is 38.8 Å². The third-order valence-electron chi connectivity index (χ3n) is 6.63.